The van der Waals surface area contributed by atoms with Crippen molar-refractivity contribution in [3.63, 3.8) is 0 Å². The zero-order valence-electron chi connectivity index (χ0n) is 11.2. The van der Waals surface area contributed by atoms with Crippen molar-refractivity contribution in [1.29, 1.82) is 0 Å². The maximum absolute atomic E-state index is 4.50. The fourth-order valence-corrected chi connectivity index (χ4v) is 2.42. The van der Waals surface area contributed by atoms with Crippen LogP contribution in [0.4, 0.5) is 0 Å². The van der Waals surface area contributed by atoms with Crippen LogP contribution in [-0.2, 0) is 0 Å². The van der Waals surface area contributed by atoms with Gasteiger partial charge < -0.3 is 0 Å². The van der Waals surface area contributed by atoms with Gasteiger partial charge in [-0.05, 0) is 42.2 Å². The Kier molecular flexibility index (Phi) is 3.79. The van der Waals surface area contributed by atoms with Crippen LogP contribution in [0.2, 0.25) is 0 Å². The highest BCUT2D eigenvalue weighted by molar-refractivity contribution is 7.98. The molecular formula is C17H14N2S. The molecule has 2 nitrogen and oxygen atoms in total. The van der Waals surface area contributed by atoms with Crippen LogP contribution in [0, 0.1) is 0 Å². The van der Waals surface area contributed by atoms with Crippen molar-refractivity contribution in [1.82, 2.24) is 9.97 Å². The van der Waals surface area contributed by atoms with Crippen molar-refractivity contribution < 1.29 is 0 Å². The molecule has 0 saturated carbocycles. The molecule has 0 aliphatic carbocycles. The molecule has 3 rings (SSSR count). The monoisotopic (exact) mass is 278 g/mol. The molecule has 0 bridgehead atoms. The Labute approximate surface area is 122 Å². The van der Waals surface area contributed by atoms with Crippen molar-refractivity contribution >= 4 is 11.8 Å². The van der Waals surface area contributed by atoms with Gasteiger partial charge in [0.05, 0.1) is 11.4 Å². The minimum Gasteiger partial charge on any atom is -0.255 e. The maximum Gasteiger partial charge on any atom is 0.0886 e. The van der Waals surface area contributed by atoms with Gasteiger partial charge in [-0.2, -0.15) is 0 Å². The number of hydrogen-bond donors (Lipinski definition) is 0. The van der Waals surface area contributed by atoms with E-state index in [0.29, 0.717) is 0 Å². The standard InChI is InChI=1S/C17H14N2S/c1-20-15-8-5-13(6-9-15)14-7-10-17(19-12-14)16-4-2-3-11-18-16/h2-12H,1H3. The molecular weight excluding hydrogens is 264 g/mol. The summed E-state index contributed by atoms with van der Waals surface area (Å²) < 4.78 is 0. The van der Waals surface area contributed by atoms with Crippen LogP contribution < -0.4 is 0 Å². The molecule has 20 heavy (non-hydrogen) atoms. The highest BCUT2D eigenvalue weighted by atomic mass is 32.2. The predicted octanol–water partition coefficient (Wildman–Crippen LogP) is 4.53. The van der Waals surface area contributed by atoms with E-state index in [-0.39, 0.29) is 0 Å². The lowest BCUT2D eigenvalue weighted by molar-refractivity contribution is 1.25. The summed E-state index contributed by atoms with van der Waals surface area (Å²) in [5.41, 5.74) is 4.10. The molecule has 0 fully saturated rings. The van der Waals surface area contributed by atoms with Gasteiger partial charge >= 0.3 is 0 Å². The Morgan fingerprint density at radius 1 is 0.750 bits per heavy atom. The third-order valence-electron chi connectivity index (χ3n) is 3.11. The molecule has 2 aromatic heterocycles. The molecule has 3 heteroatoms. The van der Waals surface area contributed by atoms with Crippen LogP contribution in [-0.4, -0.2) is 16.2 Å². The summed E-state index contributed by atoms with van der Waals surface area (Å²) in [6.45, 7) is 0. The lowest BCUT2D eigenvalue weighted by Crippen LogP contribution is -1.87. The zero-order chi connectivity index (χ0) is 13.8. The minimum atomic E-state index is 0.898. The van der Waals surface area contributed by atoms with Gasteiger partial charge in [-0.15, -0.1) is 11.8 Å². The summed E-state index contributed by atoms with van der Waals surface area (Å²) in [6.07, 6.45) is 5.77. The molecule has 98 valence electrons. The van der Waals surface area contributed by atoms with Gasteiger partial charge in [0.15, 0.2) is 0 Å². The highest BCUT2D eigenvalue weighted by Crippen LogP contribution is 2.24. The summed E-state index contributed by atoms with van der Waals surface area (Å²) >= 11 is 1.75. The average molecular weight is 278 g/mol. The SMILES string of the molecule is CSc1ccc(-c2ccc(-c3ccccn3)nc2)cc1. The third-order valence-corrected chi connectivity index (χ3v) is 3.86. The van der Waals surface area contributed by atoms with Gasteiger partial charge in [-0.25, -0.2) is 0 Å². The summed E-state index contributed by atoms with van der Waals surface area (Å²) in [5, 5.41) is 0. The summed E-state index contributed by atoms with van der Waals surface area (Å²) in [7, 11) is 0. The van der Waals surface area contributed by atoms with E-state index in [0.717, 1.165) is 17.0 Å². The van der Waals surface area contributed by atoms with Crippen molar-refractivity contribution in [2.75, 3.05) is 6.26 Å². The third kappa shape index (κ3) is 2.73. The molecule has 0 aliphatic heterocycles. The Hall–Kier alpha value is -2.13. The lowest BCUT2D eigenvalue weighted by Gasteiger charge is -2.04. The van der Waals surface area contributed by atoms with Crippen molar-refractivity contribution in [3.05, 3.63) is 67.0 Å². The lowest BCUT2D eigenvalue weighted by atomic mass is 10.1. The Morgan fingerprint density at radius 3 is 2.10 bits per heavy atom. The minimum absolute atomic E-state index is 0.898. The van der Waals surface area contributed by atoms with Gasteiger partial charge in [0.1, 0.15) is 0 Å². The van der Waals surface area contributed by atoms with Crippen LogP contribution in [0.1, 0.15) is 0 Å². The molecule has 0 spiro atoms. The first-order valence-electron chi connectivity index (χ1n) is 6.39. The van der Waals surface area contributed by atoms with Gasteiger partial charge in [0.25, 0.3) is 0 Å². The highest BCUT2D eigenvalue weighted by Gasteiger charge is 2.02. The Balaban J connectivity index is 1.89. The van der Waals surface area contributed by atoms with Gasteiger partial charge in [-0.3, -0.25) is 9.97 Å². The number of nitrogens with zero attached hydrogens (tertiary/aromatic N) is 2. The van der Waals surface area contributed by atoms with Gasteiger partial charge in [0, 0.05) is 22.9 Å². The normalized spacial score (nSPS) is 10.4. The van der Waals surface area contributed by atoms with Crippen LogP contribution in [0.15, 0.2) is 71.9 Å². The van der Waals surface area contributed by atoms with E-state index in [1.807, 2.05) is 30.5 Å². The smallest absolute Gasteiger partial charge is 0.0886 e. The first-order valence-corrected chi connectivity index (χ1v) is 7.61. The predicted molar refractivity (Wildman–Crippen MR) is 84.7 cm³/mol. The molecule has 1 aromatic carbocycles. The number of benzene rings is 1. The Morgan fingerprint density at radius 2 is 1.50 bits per heavy atom. The topological polar surface area (TPSA) is 25.8 Å². The Bertz CT molecular complexity index is 676. The number of aromatic nitrogens is 2. The van der Waals surface area contributed by atoms with Crippen LogP contribution in [0.3, 0.4) is 0 Å². The second-order valence-corrected chi connectivity index (χ2v) is 5.26. The van der Waals surface area contributed by atoms with Crippen molar-refractivity contribution in [2.24, 2.45) is 0 Å². The van der Waals surface area contributed by atoms with Crippen molar-refractivity contribution in [3.8, 4) is 22.5 Å². The van der Waals surface area contributed by atoms with Gasteiger partial charge in [0.2, 0.25) is 0 Å². The molecule has 0 amide bonds. The van der Waals surface area contributed by atoms with E-state index >= 15 is 0 Å². The second-order valence-electron chi connectivity index (χ2n) is 4.38. The average Bonchev–Trinajstić information content (AvgIpc) is 2.56. The molecule has 0 saturated heterocycles. The second kappa shape index (κ2) is 5.88. The molecule has 3 aromatic rings. The van der Waals surface area contributed by atoms with Gasteiger partial charge in [-0.1, -0.05) is 24.3 Å². The van der Waals surface area contributed by atoms with Crippen LogP contribution in [0.25, 0.3) is 22.5 Å². The quantitative estimate of drug-likeness (QED) is 0.658. The van der Waals surface area contributed by atoms with Crippen LogP contribution >= 0.6 is 11.8 Å². The molecule has 0 unspecified atom stereocenters. The number of thioether (sulfide) groups is 1. The van der Waals surface area contributed by atoms with E-state index in [1.54, 1.807) is 18.0 Å². The van der Waals surface area contributed by atoms with E-state index in [4.69, 9.17) is 0 Å². The van der Waals surface area contributed by atoms with Crippen molar-refractivity contribution in [2.45, 2.75) is 4.90 Å². The first-order chi connectivity index (χ1) is 9.86. The van der Waals surface area contributed by atoms with E-state index < -0.39 is 0 Å². The maximum atomic E-state index is 4.50. The molecule has 0 radical (unpaired) electrons. The summed E-state index contributed by atoms with van der Waals surface area (Å²) in [6, 6.07) is 18.5. The zero-order valence-corrected chi connectivity index (χ0v) is 12.0. The van der Waals surface area contributed by atoms with E-state index in [2.05, 4.69) is 46.6 Å². The largest absolute Gasteiger partial charge is 0.255 e. The fraction of sp³-hybridized carbons (Fsp3) is 0.0588. The fourth-order valence-electron chi connectivity index (χ4n) is 2.01. The molecule has 0 aliphatic rings. The summed E-state index contributed by atoms with van der Waals surface area (Å²) in [5.74, 6) is 0. The number of pyridine rings is 2. The van der Waals surface area contributed by atoms with E-state index in [9.17, 15) is 0 Å². The number of rotatable bonds is 3. The molecule has 0 N–H and O–H groups in total. The molecule has 2 heterocycles. The first kappa shape index (κ1) is 12.9. The number of hydrogen-bond acceptors (Lipinski definition) is 3. The summed E-state index contributed by atoms with van der Waals surface area (Å²) in [4.78, 5) is 10.1. The molecule has 0 atom stereocenters. The van der Waals surface area contributed by atoms with E-state index in [1.165, 1.54) is 10.5 Å². The van der Waals surface area contributed by atoms with Crippen LogP contribution in [0.5, 0.6) is 0 Å².